The van der Waals surface area contributed by atoms with Crippen LogP contribution in [-0.4, -0.2) is 58.4 Å². The Kier molecular flexibility index (Phi) is 13.0. The largest absolute Gasteiger partial charge is 0.425 e. The zero-order valence-corrected chi connectivity index (χ0v) is 20.6. The Bertz CT molecular complexity index is 785. The smallest absolute Gasteiger partial charge is 0.322 e. The van der Waals surface area contributed by atoms with E-state index in [1.165, 1.54) is 12.5 Å². The van der Waals surface area contributed by atoms with E-state index >= 15 is 0 Å². The highest BCUT2D eigenvalue weighted by Crippen LogP contribution is 2.38. The minimum absolute atomic E-state index is 0.0475. The van der Waals surface area contributed by atoms with Crippen molar-refractivity contribution in [3.05, 3.63) is 48.0 Å². The maximum atomic E-state index is 11.8. The fourth-order valence-corrected chi connectivity index (χ4v) is 4.65. The molecule has 0 heterocycles. The highest BCUT2D eigenvalue weighted by atomic mass is 16.7. The minimum Gasteiger partial charge on any atom is -0.425 e. The predicted molar refractivity (Wildman–Crippen MR) is 132 cm³/mol. The molecule has 1 unspecified atom stereocenters. The first-order valence-electron chi connectivity index (χ1n) is 12.6. The van der Waals surface area contributed by atoms with Gasteiger partial charge in [-0.1, -0.05) is 42.5 Å². The minimum atomic E-state index is -0.960. The number of allylic oxidation sites excluding steroid dienone is 2. The first-order chi connectivity index (χ1) is 16.8. The van der Waals surface area contributed by atoms with Gasteiger partial charge < -0.3 is 30.5 Å². The molecule has 0 aromatic heterocycles. The van der Waals surface area contributed by atoms with Crippen LogP contribution in [0.4, 0.5) is 0 Å². The van der Waals surface area contributed by atoms with Gasteiger partial charge in [0, 0.05) is 13.3 Å². The number of esters is 2. The molecule has 0 saturated heterocycles. The van der Waals surface area contributed by atoms with Gasteiger partial charge in [-0.15, -0.1) is 0 Å². The Morgan fingerprint density at radius 3 is 2.46 bits per heavy atom. The van der Waals surface area contributed by atoms with E-state index in [2.05, 4.69) is 12.1 Å². The fourth-order valence-electron chi connectivity index (χ4n) is 4.65. The monoisotopic (exact) mass is 491 g/mol. The van der Waals surface area contributed by atoms with Gasteiger partial charge in [0.2, 0.25) is 6.29 Å². The third kappa shape index (κ3) is 10.9. The molecule has 1 aliphatic rings. The molecular formula is C27H41NO7. The molecule has 196 valence electrons. The molecule has 1 saturated carbocycles. The standard InChI is InChI=1S/C27H41NO7/c1-19(35-27(33)18-28)34-26(32)12-8-3-2-7-11-22-23(25(31)17-24(22)30)16-15-21(29)14-13-20-9-5-4-6-10-20/h2,4-7,9-10,19,21-25,29-31H,3,8,11-18,28H2,1H3/b7-2-/t19?,21-,22+,23+,24-,25+/m0/s1. The van der Waals surface area contributed by atoms with Gasteiger partial charge >= 0.3 is 11.9 Å². The van der Waals surface area contributed by atoms with Gasteiger partial charge in [0.05, 0.1) is 24.9 Å². The Morgan fingerprint density at radius 2 is 1.74 bits per heavy atom. The molecule has 1 aromatic rings. The molecular weight excluding hydrogens is 450 g/mol. The summed E-state index contributed by atoms with van der Waals surface area (Å²) in [5, 5.41) is 31.3. The van der Waals surface area contributed by atoms with E-state index in [-0.39, 0.29) is 24.8 Å². The van der Waals surface area contributed by atoms with Crippen LogP contribution in [0, 0.1) is 11.8 Å². The van der Waals surface area contributed by atoms with Crippen LogP contribution in [0.1, 0.15) is 63.9 Å². The third-order valence-corrected chi connectivity index (χ3v) is 6.55. The van der Waals surface area contributed by atoms with Crippen molar-refractivity contribution < 1.29 is 34.4 Å². The molecule has 5 N–H and O–H groups in total. The summed E-state index contributed by atoms with van der Waals surface area (Å²) in [6, 6.07) is 10.1. The molecule has 0 bridgehead atoms. The van der Waals surface area contributed by atoms with Crippen molar-refractivity contribution in [3.63, 3.8) is 0 Å². The van der Waals surface area contributed by atoms with Gasteiger partial charge in [-0.2, -0.15) is 0 Å². The summed E-state index contributed by atoms with van der Waals surface area (Å²) in [5.74, 6) is -1.18. The molecule has 0 radical (unpaired) electrons. The van der Waals surface area contributed by atoms with Crippen LogP contribution in [0.25, 0.3) is 0 Å². The molecule has 35 heavy (non-hydrogen) atoms. The number of ether oxygens (including phenoxy) is 2. The van der Waals surface area contributed by atoms with E-state index in [0.717, 1.165) is 6.42 Å². The summed E-state index contributed by atoms with van der Waals surface area (Å²) < 4.78 is 9.78. The van der Waals surface area contributed by atoms with Gasteiger partial charge in [0.1, 0.15) is 0 Å². The number of aliphatic hydroxyl groups is 3. The average molecular weight is 492 g/mol. The van der Waals surface area contributed by atoms with E-state index in [9.17, 15) is 24.9 Å². The summed E-state index contributed by atoms with van der Waals surface area (Å²) in [6.07, 6.45) is 6.65. The van der Waals surface area contributed by atoms with Crippen molar-refractivity contribution in [2.75, 3.05) is 6.54 Å². The molecule has 1 aliphatic carbocycles. The molecule has 1 fully saturated rings. The molecule has 8 heteroatoms. The number of aryl methyl sites for hydroxylation is 1. The van der Waals surface area contributed by atoms with Crippen LogP contribution in [0.15, 0.2) is 42.5 Å². The number of hydrogen-bond acceptors (Lipinski definition) is 8. The lowest BCUT2D eigenvalue weighted by atomic mass is 9.85. The van der Waals surface area contributed by atoms with Crippen LogP contribution in [0.2, 0.25) is 0 Å². The van der Waals surface area contributed by atoms with Gasteiger partial charge in [0.15, 0.2) is 0 Å². The highest BCUT2D eigenvalue weighted by molar-refractivity contribution is 5.72. The quantitative estimate of drug-likeness (QED) is 0.127. The first-order valence-corrected chi connectivity index (χ1v) is 12.6. The van der Waals surface area contributed by atoms with Gasteiger partial charge in [-0.3, -0.25) is 9.59 Å². The zero-order valence-electron chi connectivity index (χ0n) is 20.6. The van der Waals surface area contributed by atoms with E-state index < -0.39 is 36.5 Å². The number of carbonyl (C=O) groups excluding carboxylic acids is 2. The highest BCUT2D eigenvalue weighted by Gasteiger charge is 2.40. The summed E-state index contributed by atoms with van der Waals surface area (Å²) in [4.78, 5) is 22.9. The zero-order chi connectivity index (χ0) is 25.6. The number of carbonyl (C=O) groups is 2. The summed E-state index contributed by atoms with van der Waals surface area (Å²) in [5.41, 5.74) is 6.34. The SMILES string of the molecule is CC(OC(=O)CN)OC(=O)CCC/C=C\C[C@@H]1[C@@H](CC[C@@H](O)CCc2ccccc2)[C@H](O)C[C@@H]1O. The Hall–Kier alpha value is -2.26. The van der Waals surface area contributed by atoms with Crippen LogP contribution in [0.3, 0.4) is 0 Å². The topological polar surface area (TPSA) is 139 Å². The maximum Gasteiger partial charge on any atom is 0.322 e. The second kappa shape index (κ2) is 15.7. The van der Waals surface area contributed by atoms with Crippen LogP contribution < -0.4 is 5.73 Å². The van der Waals surface area contributed by atoms with Crippen molar-refractivity contribution in [1.29, 1.82) is 0 Å². The Balaban J connectivity index is 1.67. The first kappa shape index (κ1) is 29.0. The second-order valence-electron chi connectivity index (χ2n) is 9.30. The maximum absolute atomic E-state index is 11.8. The van der Waals surface area contributed by atoms with E-state index in [4.69, 9.17) is 15.2 Å². The van der Waals surface area contributed by atoms with Crippen LogP contribution >= 0.6 is 0 Å². The summed E-state index contributed by atoms with van der Waals surface area (Å²) in [7, 11) is 0. The van der Waals surface area contributed by atoms with Gasteiger partial charge in [-0.05, 0) is 68.8 Å². The van der Waals surface area contributed by atoms with E-state index in [1.54, 1.807) is 0 Å². The van der Waals surface area contributed by atoms with E-state index in [0.29, 0.717) is 44.9 Å². The normalized spacial score (nSPS) is 23.8. The summed E-state index contributed by atoms with van der Waals surface area (Å²) in [6.45, 7) is 1.19. The lowest BCUT2D eigenvalue weighted by Crippen LogP contribution is -2.25. The number of rotatable bonds is 15. The van der Waals surface area contributed by atoms with Crippen molar-refractivity contribution in [1.82, 2.24) is 0 Å². The molecule has 0 amide bonds. The van der Waals surface area contributed by atoms with Gasteiger partial charge in [-0.25, -0.2) is 0 Å². The van der Waals surface area contributed by atoms with Crippen LogP contribution in [-0.2, 0) is 25.5 Å². The summed E-state index contributed by atoms with van der Waals surface area (Å²) >= 11 is 0. The second-order valence-corrected chi connectivity index (χ2v) is 9.30. The number of aliphatic hydroxyl groups excluding tert-OH is 3. The van der Waals surface area contributed by atoms with E-state index in [1.807, 2.05) is 30.4 Å². The molecule has 0 aliphatic heterocycles. The van der Waals surface area contributed by atoms with Crippen LogP contribution in [0.5, 0.6) is 0 Å². The Labute approximate surface area is 208 Å². The Morgan fingerprint density at radius 1 is 1.06 bits per heavy atom. The van der Waals surface area contributed by atoms with Crippen molar-refractivity contribution in [2.24, 2.45) is 17.6 Å². The average Bonchev–Trinajstić information content (AvgIpc) is 3.10. The lowest BCUT2D eigenvalue weighted by molar-refractivity contribution is -0.183. The van der Waals surface area contributed by atoms with Crippen molar-refractivity contribution >= 4 is 11.9 Å². The number of benzene rings is 1. The number of hydrogen-bond donors (Lipinski definition) is 4. The van der Waals surface area contributed by atoms with Crippen molar-refractivity contribution in [2.45, 2.75) is 89.3 Å². The molecule has 0 spiro atoms. The number of unbranched alkanes of at least 4 members (excludes halogenated alkanes) is 1. The fraction of sp³-hybridized carbons (Fsp3) is 0.630. The molecule has 2 rings (SSSR count). The third-order valence-electron chi connectivity index (χ3n) is 6.55. The number of nitrogens with two attached hydrogens (primary N) is 1. The molecule has 6 atom stereocenters. The molecule has 8 nitrogen and oxygen atoms in total. The van der Waals surface area contributed by atoms with Gasteiger partial charge in [0.25, 0.3) is 0 Å². The van der Waals surface area contributed by atoms with Crippen molar-refractivity contribution in [3.8, 4) is 0 Å². The molecule has 1 aromatic carbocycles. The predicted octanol–water partition coefficient (Wildman–Crippen LogP) is 2.63. The lowest BCUT2D eigenvalue weighted by Gasteiger charge is -2.23.